The molecular formula is C31H44N2. The maximum Gasteiger partial charge on any atom is 0.0473 e. The van der Waals surface area contributed by atoms with Crippen LogP contribution in [0.25, 0.3) is 5.57 Å². The van der Waals surface area contributed by atoms with E-state index in [0.29, 0.717) is 11.3 Å². The number of hydrogen-bond acceptors (Lipinski definition) is 2. The summed E-state index contributed by atoms with van der Waals surface area (Å²) in [5, 5.41) is 0. The Kier molecular flexibility index (Phi) is 6.93. The van der Waals surface area contributed by atoms with Crippen LogP contribution in [0.4, 0.5) is 0 Å². The van der Waals surface area contributed by atoms with Gasteiger partial charge in [-0.05, 0) is 86.8 Å². The van der Waals surface area contributed by atoms with Crippen molar-refractivity contribution in [3.05, 3.63) is 52.6 Å². The van der Waals surface area contributed by atoms with E-state index >= 15 is 0 Å². The average molecular weight is 445 g/mol. The second-order valence-electron chi connectivity index (χ2n) is 11.6. The molecule has 1 aromatic carbocycles. The molecule has 0 bridgehead atoms. The molecule has 0 aromatic heterocycles. The van der Waals surface area contributed by atoms with Crippen LogP contribution in [0.2, 0.25) is 0 Å². The molecule has 2 aliphatic heterocycles. The minimum absolute atomic E-state index is 0.494. The maximum absolute atomic E-state index is 4.94. The lowest BCUT2D eigenvalue weighted by Crippen LogP contribution is -2.58. The zero-order valence-corrected chi connectivity index (χ0v) is 21.3. The fourth-order valence-corrected chi connectivity index (χ4v) is 6.62. The van der Waals surface area contributed by atoms with E-state index in [1.807, 2.05) is 0 Å². The number of unbranched alkanes of at least 4 members (excludes halogenated alkanes) is 1. The van der Waals surface area contributed by atoms with Crippen LogP contribution in [0.15, 0.2) is 46.5 Å². The Balaban J connectivity index is 1.28. The number of likely N-dealkylation sites (tertiary alicyclic amines) is 1. The van der Waals surface area contributed by atoms with Gasteiger partial charge in [-0.25, -0.2) is 0 Å². The van der Waals surface area contributed by atoms with Crippen LogP contribution in [-0.2, 0) is 0 Å². The van der Waals surface area contributed by atoms with Gasteiger partial charge in [-0.3, -0.25) is 4.99 Å². The van der Waals surface area contributed by atoms with Crippen LogP contribution in [0.5, 0.6) is 0 Å². The van der Waals surface area contributed by atoms with Gasteiger partial charge in [0.25, 0.3) is 0 Å². The maximum atomic E-state index is 4.94. The quantitative estimate of drug-likeness (QED) is 0.382. The van der Waals surface area contributed by atoms with Crippen molar-refractivity contribution in [3.8, 4) is 0 Å². The Bertz CT molecular complexity index is 922. The number of nitrogens with zero attached hydrogens (tertiary/aromatic N) is 2. The Morgan fingerprint density at radius 3 is 2.48 bits per heavy atom. The Hall–Kier alpha value is -1.67. The summed E-state index contributed by atoms with van der Waals surface area (Å²) in [6.07, 6.45) is 15.7. The third-order valence-corrected chi connectivity index (χ3v) is 8.44. The van der Waals surface area contributed by atoms with E-state index in [9.17, 15) is 0 Å². The van der Waals surface area contributed by atoms with E-state index in [1.165, 1.54) is 101 Å². The van der Waals surface area contributed by atoms with Crippen LogP contribution in [-0.4, -0.2) is 36.8 Å². The fraction of sp³-hybridized carbons (Fsp3) is 0.645. The summed E-state index contributed by atoms with van der Waals surface area (Å²) in [6.45, 7) is 11.7. The van der Waals surface area contributed by atoms with Gasteiger partial charge < -0.3 is 4.90 Å². The van der Waals surface area contributed by atoms with E-state index < -0.39 is 0 Å². The van der Waals surface area contributed by atoms with E-state index in [0.717, 1.165) is 12.5 Å². The number of aryl methyl sites for hydroxylation is 1. The SMILES string of the molecule is CCCCC1=NCC2(C1)CN(CC1C=C(CCC)C(c3ccc(C)cc3)=C(C3CC3)CC1)C2. The minimum Gasteiger partial charge on any atom is -0.301 e. The van der Waals surface area contributed by atoms with Crippen LogP contribution in [0.3, 0.4) is 0 Å². The normalized spacial score (nSPS) is 25.1. The van der Waals surface area contributed by atoms with Gasteiger partial charge in [-0.1, -0.05) is 68.2 Å². The molecule has 2 aliphatic carbocycles. The van der Waals surface area contributed by atoms with Crippen LogP contribution in [0, 0.1) is 24.2 Å². The summed E-state index contributed by atoms with van der Waals surface area (Å²) in [5.41, 5.74) is 9.89. The third-order valence-electron chi connectivity index (χ3n) is 8.44. The lowest BCUT2D eigenvalue weighted by atomic mass is 9.76. The monoisotopic (exact) mass is 444 g/mol. The molecule has 1 atom stereocenters. The zero-order valence-electron chi connectivity index (χ0n) is 21.3. The first-order valence-electron chi connectivity index (χ1n) is 13.8. The van der Waals surface area contributed by atoms with Gasteiger partial charge in [0.15, 0.2) is 0 Å². The summed E-state index contributed by atoms with van der Waals surface area (Å²) in [6, 6.07) is 9.37. The van der Waals surface area contributed by atoms with Crippen molar-refractivity contribution in [2.75, 3.05) is 26.2 Å². The first-order chi connectivity index (χ1) is 16.1. The van der Waals surface area contributed by atoms with Crippen molar-refractivity contribution in [1.29, 1.82) is 0 Å². The van der Waals surface area contributed by atoms with Crippen LogP contribution >= 0.6 is 0 Å². The van der Waals surface area contributed by atoms with Crippen molar-refractivity contribution in [2.45, 2.75) is 85.0 Å². The number of rotatable bonds is 9. The molecule has 1 spiro atoms. The van der Waals surface area contributed by atoms with Gasteiger partial charge in [-0.15, -0.1) is 0 Å². The highest BCUT2D eigenvalue weighted by atomic mass is 15.2. The Morgan fingerprint density at radius 2 is 1.79 bits per heavy atom. The second-order valence-corrected chi connectivity index (χ2v) is 11.6. The smallest absolute Gasteiger partial charge is 0.0473 e. The molecule has 2 fully saturated rings. The molecule has 1 saturated heterocycles. The van der Waals surface area contributed by atoms with Gasteiger partial charge >= 0.3 is 0 Å². The van der Waals surface area contributed by atoms with Crippen LogP contribution in [0.1, 0.15) is 89.2 Å². The van der Waals surface area contributed by atoms with Gasteiger partial charge in [0, 0.05) is 37.3 Å². The van der Waals surface area contributed by atoms with Crippen molar-refractivity contribution >= 4 is 11.3 Å². The number of hydrogen-bond donors (Lipinski definition) is 0. The van der Waals surface area contributed by atoms with Crippen molar-refractivity contribution < 1.29 is 0 Å². The lowest BCUT2D eigenvalue weighted by Gasteiger charge is -2.48. The third kappa shape index (κ3) is 5.21. The Labute approximate surface area is 202 Å². The molecule has 0 N–H and O–H groups in total. The molecule has 2 nitrogen and oxygen atoms in total. The zero-order chi connectivity index (χ0) is 22.8. The Morgan fingerprint density at radius 1 is 1.00 bits per heavy atom. The van der Waals surface area contributed by atoms with Crippen molar-refractivity contribution in [3.63, 3.8) is 0 Å². The summed E-state index contributed by atoms with van der Waals surface area (Å²) >= 11 is 0. The minimum atomic E-state index is 0.494. The molecule has 178 valence electrons. The van der Waals surface area contributed by atoms with E-state index in [1.54, 1.807) is 16.7 Å². The fourth-order valence-electron chi connectivity index (χ4n) is 6.62. The molecule has 0 amide bonds. The summed E-state index contributed by atoms with van der Waals surface area (Å²) in [5.74, 6) is 1.55. The van der Waals surface area contributed by atoms with Gasteiger partial charge in [0.1, 0.15) is 0 Å². The predicted octanol–water partition coefficient (Wildman–Crippen LogP) is 7.63. The van der Waals surface area contributed by atoms with Crippen molar-refractivity contribution in [2.24, 2.45) is 22.2 Å². The second kappa shape index (κ2) is 9.90. The topological polar surface area (TPSA) is 15.6 Å². The number of aliphatic imine (C=N–C) groups is 1. The highest BCUT2D eigenvalue weighted by Crippen LogP contribution is 2.48. The molecule has 2 heterocycles. The predicted molar refractivity (Wildman–Crippen MR) is 142 cm³/mol. The lowest BCUT2D eigenvalue weighted by molar-refractivity contribution is 0.0115. The molecular weight excluding hydrogens is 400 g/mol. The molecule has 5 rings (SSSR count). The first kappa shape index (κ1) is 23.1. The summed E-state index contributed by atoms with van der Waals surface area (Å²) in [7, 11) is 0. The van der Waals surface area contributed by atoms with E-state index in [-0.39, 0.29) is 0 Å². The molecule has 1 aromatic rings. The van der Waals surface area contributed by atoms with Gasteiger partial charge in [0.2, 0.25) is 0 Å². The standard InChI is InChI=1S/C31H44N2/c1-4-6-8-28-18-31(20-32-28)21-33(22-31)19-24-11-16-29(25-14-15-25)30(27(17-24)7-5-2)26-12-9-23(3)10-13-26/h9-10,12-13,17,24-25H,4-8,11,14-16,18-22H2,1-3H3. The summed E-state index contributed by atoms with van der Waals surface area (Å²) in [4.78, 5) is 7.69. The number of benzene rings is 1. The van der Waals surface area contributed by atoms with Crippen molar-refractivity contribution in [1.82, 2.24) is 4.90 Å². The van der Waals surface area contributed by atoms with Crippen LogP contribution < -0.4 is 0 Å². The molecule has 2 heteroatoms. The number of allylic oxidation sites excluding steroid dienone is 3. The molecule has 33 heavy (non-hydrogen) atoms. The highest BCUT2D eigenvalue weighted by Gasteiger charge is 2.46. The largest absolute Gasteiger partial charge is 0.301 e. The molecule has 1 saturated carbocycles. The first-order valence-corrected chi connectivity index (χ1v) is 13.8. The van der Waals surface area contributed by atoms with E-state index in [2.05, 4.69) is 56.0 Å². The summed E-state index contributed by atoms with van der Waals surface area (Å²) < 4.78 is 0. The average Bonchev–Trinajstić information content (AvgIpc) is 3.56. The molecule has 1 unspecified atom stereocenters. The highest BCUT2D eigenvalue weighted by molar-refractivity contribution is 5.87. The molecule has 4 aliphatic rings. The van der Waals surface area contributed by atoms with Gasteiger partial charge in [0.05, 0.1) is 0 Å². The van der Waals surface area contributed by atoms with E-state index in [4.69, 9.17) is 4.99 Å². The van der Waals surface area contributed by atoms with Gasteiger partial charge in [-0.2, -0.15) is 0 Å². The molecule has 0 radical (unpaired) electrons.